The maximum absolute atomic E-state index is 8.78. The molecule has 1 aliphatic rings. The summed E-state index contributed by atoms with van der Waals surface area (Å²) in [6, 6.07) is 4.07. The molecule has 17 heavy (non-hydrogen) atoms. The van der Waals surface area contributed by atoms with E-state index in [-0.39, 0.29) is 17.6 Å². The Morgan fingerprint density at radius 2 is 2.47 bits per heavy atom. The van der Waals surface area contributed by atoms with Crippen molar-refractivity contribution in [2.45, 2.75) is 12.5 Å². The zero-order valence-electron chi connectivity index (χ0n) is 9.39. The van der Waals surface area contributed by atoms with E-state index in [0.29, 0.717) is 24.0 Å². The molecule has 1 fully saturated rings. The molecule has 0 amide bonds. The van der Waals surface area contributed by atoms with E-state index in [4.69, 9.17) is 21.6 Å². The zero-order valence-corrected chi connectivity index (χ0v) is 11.0. The van der Waals surface area contributed by atoms with Crippen LogP contribution in [0.1, 0.15) is 12.0 Å². The van der Waals surface area contributed by atoms with Gasteiger partial charge in [0.05, 0.1) is 11.8 Å². The van der Waals surface area contributed by atoms with E-state index >= 15 is 0 Å². The first-order chi connectivity index (χ1) is 7.70. The van der Waals surface area contributed by atoms with Crippen LogP contribution < -0.4 is 4.74 Å². The van der Waals surface area contributed by atoms with Gasteiger partial charge in [-0.25, -0.2) is 4.98 Å². The second kappa shape index (κ2) is 6.06. The Kier molecular flexibility index (Phi) is 5.01. The van der Waals surface area contributed by atoms with Crippen molar-refractivity contribution in [2.75, 3.05) is 20.2 Å². The van der Waals surface area contributed by atoms with Gasteiger partial charge in [0, 0.05) is 12.1 Å². The van der Waals surface area contributed by atoms with Gasteiger partial charge in [-0.3, -0.25) is 4.90 Å². The lowest BCUT2D eigenvalue weighted by atomic mass is 10.1. The summed E-state index contributed by atoms with van der Waals surface area (Å²) in [5, 5.41) is 9.00. The minimum Gasteiger partial charge on any atom is -0.490 e. The van der Waals surface area contributed by atoms with Crippen LogP contribution in [0.2, 0.25) is 5.15 Å². The van der Waals surface area contributed by atoms with Crippen LogP contribution in [0.5, 0.6) is 5.75 Å². The average molecular weight is 274 g/mol. The molecule has 0 bridgehead atoms. The van der Waals surface area contributed by atoms with Crippen LogP contribution >= 0.6 is 24.0 Å². The normalized spacial score (nSPS) is 18.8. The molecule has 0 N–H and O–H groups in total. The lowest BCUT2D eigenvalue weighted by Gasteiger charge is -2.37. The van der Waals surface area contributed by atoms with Gasteiger partial charge < -0.3 is 4.74 Å². The third kappa shape index (κ3) is 3.22. The van der Waals surface area contributed by atoms with Crippen LogP contribution in [-0.4, -0.2) is 36.1 Å². The van der Waals surface area contributed by atoms with E-state index < -0.39 is 0 Å². The quantitative estimate of drug-likeness (QED) is 0.792. The Bertz CT molecular complexity index is 433. The minimum atomic E-state index is 0. The number of likely N-dealkylation sites (tertiary alicyclic amines) is 1. The Balaban J connectivity index is 0.00000144. The maximum Gasteiger partial charge on any atom is 0.147 e. The first-order valence-electron chi connectivity index (χ1n) is 5.09. The molecule has 1 saturated heterocycles. The number of halogens is 2. The minimum absolute atomic E-state index is 0. The maximum atomic E-state index is 8.78. The number of hydrogen-bond donors (Lipinski definition) is 0. The average Bonchev–Trinajstić information content (AvgIpc) is 2.29. The van der Waals surface area contributed by atoms with E-state index in [2.05, 4.69) is 16.9 Å². The molecule has 2 heterocycles. The fraction of sp³-hybridized carbons (Fsp3) is 0.455. The topological polar surface area (TPSA) is 49.1 Å². The highest BCUT2D eigenvalue weighted by molar-refractivity contribution is 6.30. The van der Waals surface area contributed by atoms with Crippen molar-refractivity contribution in [2.24, 2.45) is 0 Å². The first-order valence-corrected chi connectivity index (χ1v) is 5.47. The molecule has 0 saturated carbocycles. The van der Waals surface area contributed by atoms with Crippen LogP contribution in [0.4, 0.5) is 0 Å². The third-order valence-electron chi connectivity index (χ3n) is 2.82. The Morgan fingerprint density at radius 3 is 3.00 bits per heavy atom. The van der Waals surface area contributed by atoms with Gasteiger partial charge in [-0.05, 0) is 20.0 Å². The monoisotopic (exact) mass is 273 g/mol. The van der Waals surface area contributed by atoms with Gasteiger partial charge in [-0.2, -0.15) is 5.26 Å². The van der Waals surface area contributed by atoms with Gasteiger partial charge in [0.1, 0.15) is 23.6 Å². The zero-order chi connectivity index (χ0) is 11.5. The summed E-state index contributed by atoms with van der Waals surface area (Å²) in [5.41, 5.74) is 0.348. The molecule has 1 aromatic heterocycles. The molecule has 2 rings (SSSR count). The van der Waals surface area contributed by atoms with Crippen LogP contribution in [0.25, 0.3) is 0 Å². The lowest BCUT2D eigenvalue weighted by Crippen LogP contribution is -2.48. The molecular formula is C11H13Cl2N3O. The number of ether oxygens (including phenoxy) is 1. The van der Waals surface area contributed by atoms with Crippen molar-refractivity contribution in [3.63, 3.8) is 0 Å². The van der Waals surface area contributed by atoms with E-state index in [1.165, 1.54) is 0 Å². The number of nitrogens with zero attached hydrogens (tertiary/aromatic N) is 3. The fourth-order valence-electron chi connectivity index (χ4n) is 1.56. The van der Waals surface area contributed by atoms with Crippen molar-refractivity contribution in [1.82, 2.24) is 9.88 Å². The van der Waals surface area contributed by atoms with Crippen molar-refractivity contribution in [3.8, 4) is 11.8 Å². The number of likely N-dealkylation sites (N-methyl/N-ethyl adjacent to an activating group) is 1. The molecule has 0 spiro atoms. The SMILES string of the molecule is CN1CC[C@H]1COc1cnc(Cl)c(C#N)c1.Cl. The van der Waals surface area contributed by atoms with Crippen molar-refractivity contribution < 1.29 is 4.74 Å². The van der Waals surface area contributed by atoms with Crippen LogP contribution in [0.15, 0.2) is 12.3 Å². The highest BCUT2D eigenvalue weighted by atomic mass is 35.5. The molecule has 0 aromatic carbocycles. The number of pyridine rings is 1. The summed E-state index contributed by atoms with van der Waals surface area (Å²) in [7, 11) is 2.07. The predicted octanol–water partition coefficient (Wildman–Crippen LogP) is 2.11. The van der Waals surface area contributed by atoms with Crippen molar-refractivity contribution >= 4 is 24.0 Å². The van der Waals surface area contributed by atoms with E-state index in [9.17, 15) is 0 Å². The lowest BCUT2D eigenvalue weighted by molar-refractivity contribution is 0.0767. The van der Waals surface area contributed by atoms with Gasteiger partial charge >= 0.3 is 0 Å². The summed E-state index contributed by atoms with van der Waals surface area (Å²) in [6.45, 7) is 1.75. The predicted molar refractivity (Wildman–Crippen MR) is 67.7 cm³/mol. The van der Waals surface area contributed by atoms with Crippen LogP contribution in [0, 0.1) is 11.3 Å². The molecule has 0 unspecified atom stereocenters. The highest BCUT2D eigenvalue weighted by Crippen LogP contribution is 2.20. The summed E-state index contributed by atoms with van der Waals surface area (Å²) >= 11 is 5.72. The van der Waals surface area contributed by atoms with Crippen molar-refractivity contribution in [3.05, 3.63) is 23.0 Å². The van der Waals surface area contributed by atoms with Gasteiger partial charge in [0.15, 0.2) is 0 Å². The summed E-state index contributed by atoms with van der Waals surface area (Å²) in [5.74, 6) is 0.598. The molecule has 1 aromatic rings. The standard InChI is InChI=1S/C11H12ClN3O.ClH/c1-15-3-2-9(15)7-16-10-4-8(5-13)11(12)14-6-10;/h4,6,9H,2-3,7H2,1H3;1H/t9-;/m0./s1. The Morgan fingerprint density at radius 1 is 1.71 bits per heavy atom. The van der Waals surface area contributed by atoms with Gasteiger partial charge in [0.2, 0.25) is 0 Å². The largest absolute Gasteiger partial charge is 0.490 e. The molecule has 1 aliphatic heterocycles. The first kappa shape index (κ1) is 14.0. The Hall–Kier alpha value is -1.02. The van der Waals surface area contributed by atoms with Crippen LogP contribution in [-0.2, 0) is 0 Å². The third-order valence-corrected chi connectivity index (χ3v) is 3.12. The molecule has 92 valence electrons. The number of aromatic nitrogens is 1. The molecule has 0 aliphatic carbocycles. The van der Waals surface area contributed by atoms with Crippen molar-refractivity contribution in [1.29, 1.82) is 5.26 Å². The smallest absolute Gasteiger partial charge is 0.147 e. The fourth-order valence-corrected chi connectivity index (χ4v) is 1.70. The Labute approximate surface area is 112 Å². The van der Waals surface area contributed by atoms with E-state index in [1.807, 2.05) is 6.07 Å². The van der Waals surface area contributed by atoms with Gasteiger partial charge in [-0.1, -0.05) is 11.6 Å². The number of hydrogen-bond acceptors (Lipinski definition) is 4. The molecule has 1 atom stereocenters. The van der Waals surface area contributed by atoms with Gasteiger partial charge in [-0.15, -0.1) is 12.4 Å². The molecule has 6 heteroatoms. The van der Waals surface area contributed by atoms with Gasteiger partial charge in [0.25, 0.3) is 0 Å². The second-order valence-corrected chi connectivity index (χ2v) is 4.21. The summed E-state index contributed by atoms with van der Waals surface area (Å²) in [6.07, 6.45) is 2.70. The summed E-state index contributed by atoms with van der Waals surface area (Å²) in [4.78, 5) is 6.13. The van der Waals surface area contributed by atoms with E-state index in [1.54, 1.807) is 12.3 Å². The second-order valence-electron chi connectivity index (χ2n) is 3.86. The van der Waals surface area contributed by atoms with E-state index in [0.717, 1.165) is 13.0 Å². The molecule has 0 radical (unpaired) electrons. The number of nitriles is 1. The number of rotatable bonds is 3. The van der Waals surface area contributed by atoms with Crippen LogP contribution in [0.3, 0.4) is 0 Å². The molecular weight excluding hydrogens is 261 g/mol. The summed E-state index contributed by atoms with van der Waals surface area (Å²) < 4.78 is 5.56. The highest BCUT2D eigenvalue weighted by Gasteiger charge is 2.24. The molecule has 4 nitrogen and oxygen atoms in total.